The zero-order valence-corrected chi connectivity index (χ0v) is 14.2. The molecule has 0 N–H and O–H groups in total. The summed E-state index contributed by atoms with van der Waals surface area (Å²) in [6.07, 6.45) is 5.72. The first kappa shape index (κ1) is 16.3. The second kappa shape index (κ2) is 7.35. The van der Waals surface area contributed by atoms with Gasteiger partial charge >= 0.3 is 0 Å². The second-order valence-electron chi connectivity index (χ2n) is 6.77. The van der Waals surface area contributed by atoms with Crippen molar-refractivity contribution in [2.24, 2.45) is 5.92 Å². The number of morpholine rings is 1. The van der Waals surface area contributed by atoms with E-state index < -0.39 is 0 Å². The fourth-order valence-electron chi connectivity index (χ4n) is 3.67. The Bertz CT molecular complexity index is 522. The highest BCUT2D eigenvalue weighted by molar-refractivity contribution is 5.79. The summed E-state index contributed by atoms with van der Waals surface area (Å²) >= 11 is 0. The molecule has 1 saturated carbocycles. The summed E-state index contributed by atoms with van der Waals surface area (Å²) in [7, 11) is 1.67. The van der Waals surface area contributed by atoms with Crippen molar-refractivity contribution in [3.8, 4) is 5.75 Å². The molecule has 4 nitrogen and oxygen atoms in total. The standard InChI is InChI=1S/C19H27NO3/c1-14-13-23-18(15-8-10-17(22-2)11-9-15)12-20(14)19(21)16-6-4-3-5-7-16/h8-11,14,16,18H,3-7,12-13H2,1-2H3. The summed E-state index contributed by atoms with van der Waals surface area (Å²) < 4.78 is 11.2. The van der Waals surface area contributed by atoms with E-state index in [9.17, 15) is 4.79 Å². The van der Waals surface area contributed by atoms with E-state index in [0.29, 0.717) is 19.1 Å². The van der Waals surface area contributed by atoms with Crippen molar-refractivity contribution in [1.29, 1.82) is 0 Å². The maximum absolute atomic E-state index is 12.9. The molecule has 2 atom stereocenters. The van der Waals surface area contributed by atoms with Gasteiger partial charge in [0.05, 0.1) is 26.3 Å². The van der Waals surface area contributed by atoms with Crippen LogP contribution in [-0.2, 0) is 9.53 Å². The van der Waals surface area contributed by atoms with Crippen LogP contribution in [0.3, 0.4) is 0 Å². The Morgan fingerprint density at radius 1 is 1.17 bits per heavy atom. The van der Waals surface area contributed by atoms with Gasteiger partial charge in [-0.15, -0.1) is 0 Å². The normalized spacial score (nSPS) is 26.1. The molecular weight excluding hydrogens is 290 g/mol. The molecule has 23 heavy (non-hydrogen) atoms. The third kappa shape index (κ3) is 3.69. The number of hydrogen-bond donors (Lipinski definition) is 0. The largest absolute Gasteiger partial charge is 0.497 e. The molecule has 0 aromatic heterocycles. The summed E-state index contributed by atoms with van der Waals surface area (Å²) in [6, 6.07) is 8.12. The fourth-order valence-corrected chi connectivity index (χ4v) is 3.67. The van der Waals surface area contributed by atoms with Gasteiger partial charge in [0.25, 0.3) is 0 Å². The summed E-state index contributed by atoms with van der Waals surface area (Å²) in [4.78, 5) is 14.9. The Labute approximate surface area is 138 Å². The van der Waals surface area contributed by atoms with Gasteiger partial charge in [0.2, 0.25) is 5.91 Å². The maximum atomic E-state index is 12.9. The van der Waals surface area contributed by atoms with Gasteiger partial charge < -0.3 is 14.4 Å². The monoisotopic (exact) mass is 317 g/mol. The minimum absolute atomic E-state index is 0.0374. The molecule has 1 aliphatic heterocycles. The number of ether oxygens (including phenoxy) is 2. The van der Waals surface area contributed by atoms with Crippen LogP contribution in [-0.4, -0.2) is 37.1 Å². The molecule has 3 rings (SSSR count). The first-order valence-electron chi connectivity index (χ1n) is 8.75. The lowest BCUT2D eigenvalue weighted by Crippen LogP contribution is -2.50. The minimum Gasteiger partial charge on any atom is -0.497 e. The van der Waals surface area contributed by atoms with Gasteiger partial charge in [-0.1, -0.05) is 31.4 Å². The van der Waals surface area contributed by atoms with Gasteiger partial charge in [-0.3, -0.25) is 4.79 Å². The number of rotatable bonds is 3. The topological polar surface area (TPSA) is 38.8 Å². The molecule has 2 aliphatic rings. The van der Waals surface area contributed by atoms with E-state index >= 15 is 0 Å². The van der Waals surface area contributed by atoms with E-state index in [-0.39, 0.29) is 18.1 Å². The van der Waals surface area contributed by atoms with Gasteiger partial charge in [-0.2, -0.15) is 0 Å². The van der Waals surface area contributed by atoms with Crippen LogP contribution in [0.1, 0.15) is 50.7 Å². The maximum Gasteiger partial charge on any atom is 0.226 e. The van der Waals surface area contributed by atoms with Crippen molar-refractivity contribution in [2.75, 3.05) is 20.3 Å². The average molecular weight is 317 g/mol. The first-order valence-corrected chi connectivity index (χ1v) is 8.75. The Morgan fingerprint density at radius 3 is 2.52 bits per heavy atom. The molecule has 4 heteroatoms. The van der Waals surface area contributed by atoms with Crippen molar-refractivity contribution in [2.45, 2.75) is 51.2 Å². The number of benzene rings is 1. The SMILES string of the molecule is COc1ccc(C2CN(C(=O)C3CCCCC3)C(C)CO2)cc1. The van der Waals surface area contributed by atoms with Crippen LogP contribution in [0.5, 0.6) is 5.75 Å². The lowest BCUT2D eigenvalue weighted by atomic mass is 9.87. The number of carbonyl (C=O) groups excluding carboxylic acids is 1. The second-order valence-corrected chi connectivity index (χ2v) is 6.77. The van der Waals surface area contributed by atoms with Crippen molar-refractivity contribution < 1.29 is 14.3 Å². The Kier molecular flexibility index (Phi) is 5.21. The number of methoxy groups -OCH3 is 1. The van der Waals surface area contributed by atoms with E-state index in [1.165, 1.54) is 19.3 Å². The number of carbonyl (C=O) groups is 1. The molecule has 1 aromatic rings. The van der Waals surface area contributed by atoms with Crippen molar-refractivity contribution >= 4 is 5.91 Å². The Hall–Kier alpha value is -1.55. The molecule has 1 amide bonds. The fraction of sp³-hybridized carbons (Fsp3) is 0.632. The summed E-state index contributed by atoms with van der Waals surface area (Å²) in [6.45, 7) is 3.35. The Balaban J connectivity index is 1.69. The van der Waals surface area contributed by atoms with E-state index in [1.807, 2.05) is 29.2 Å². The van der Waals surface area contributed by atoms with Crippen LogP contribution >= 0.6 is 0 Å². The molecule has 1 saturated heterocycles. The predicted octanol–water partition coefficient (Wildman–Crippen LogP) is 3.56. The number of hydrogen-bond acceptors (Lipinski definition) is 3. The molecular formula is C19H27NO3. The van der Waals surface area contributed by atoms with E-state index in [4.69, 9.17) is 9.47 Å². The lowest BCUT2D eigenvalue weighted by Gasteiger charge is -2.40. The highest BCUT2D eigenvalue weighted by Gasteiger charge is 2.34. The zero-order valence-electron chi connectivity index (χ0n) is 14.2. The molecule has 1 aromatic carbocycles. The molecule has 0 spiro atoms. The van der Waals surface area contributed by atoms with Crippen LogP contribution in [0.25, 0.3) is 0 Å². The van der Waals surface area contributed by atoms with E-state index in [2.05, 4.69) is 6.92 Å². The van der Waals surface area contributed by atoms with Gasteiger partial charge in [0.1, 0.15) is 11.9 Å². The molecule has 0 radical (unpaired) electrons. The van der Waals surface area contributed by atoms with Crippen LogP contribution in [0.15, 0.2) is 24.3 Å². The lowest BCUT2D eigenvalue weighted by molar-refractivity contribution is -0.149. The quantitative estimate of drug-likeness (QED) is 0.855. The minimum atomic E-state index is -0.0374. The van der Waals surface area contributed by atoms with Crippen LogP contribution in [0.2, 0.25) is 0 Å². The molecule has 1 aliphatic carbocycles. The van der Waals surface area contributed by atoms with Gasteiger partial charge in [0, 0.05) is 5.92 Å². The third-order valence-corrected chi connectivity index (χ3v) is 5.16. The van der Waals surface area contributed by atoms with Gasteiger partial charge in [0.15, 0.2) is 0 Å². The highest BCUT2D eigenvalue weighted by atomic mass is 16.5. The van der Waals surface area contributed by atoms with Crippen molar-refractivity contribution in [3.63, 3.8) is 0 Å². The van der Waals surface area contributed by atoms with Crippen molar-refractivity contribution in [3.05, 3.63) is 29.8 Å². The van der Waals surface area contributed by atoms with Crippen LogP contribution in [0, 0.1) is 5.92 Å². The van der Waals surface area contributed by atoms with Gasteiger partial charge in [-0.05, 0) is 37.5 Å². The smallest absolute Gasteiger partial charge is 0.226 e. The molecule has 0 bridgehead atoms. The highest BCUT2D eigenvalue weighted by Crippen LogP contribution is 2.31. The van der Waals surface area contributed by atoms with E-state index in [0.717, 1.165) is 24.2 Å². The first-order chi connectivity index (χ1) is 11.2. The summed E-state index contributed by atoms with van der Waals surface area (Å²) in [5, 5.41) is 0. The summed E-state index contributed by atoms with van der Waals surface area (Å²) in [5.74, 6) is 1.40. The summed E-state index contributed by atoms with van der Waals surface area (Å²) in [5.41, 5.74) is 1.11. The predicted molar refractivity (Wildman–Crippen MR) is 89.4 cm³/mol. The van der Waals surface area contributed by atoms with Crippen LogP contribution in [0.4, 0.5) is 0 Å². The number of amides is 1. The molecule has 1 heterocycles. The van der Waals surface area contributed by atoms with Crippen LogP contribution < -0.4 is 4.74 Å². The van der Waals surface area contributed by atoms with Crippen molar-refractivity contribution in [1.82, 2.24) is 4.90 Å². The number of nitrogens with zero attached hydrogens (tertiary/aromatic N) is 1. The molecule has 2 fully saturated rings. The Morgan fingerprint density at radius 2 is 1.87 bits per heavy atom. The van der Waals surface area contributed by atoms with E-state index in [1.54, 1.807) is 7.11 Å². The third-order valence-electron chi connectivity index (χ3n) is 5.16. The molecule has 2 unspecified atom stereocenters. The van der Waals surface area contributed by atoms with Gasteiger partial charge in [-0.25, -0.2) is 0 Å². The molecule has 126 valence electrons. The average Bonchev–Trinajstić information content (AvgIpc) is 2.62. The zero-order chi connectivity index (χ0) is 16.2.